The van der Waals surface area contributed by atoms with Gasteiger partial charge >= 0.3 is 5.97 Å². The molecular weight excluding hydrogens is 546 g/mol. The number of hydrogen-bond donors (Lipinski definition) is 0. The van der Waals surface area contributed by atoms with Crippen LogP contribution in [0.4, 0.5) is 0 Å². The standard InChI is InChI=1S/C26H37BrClN3O3Si/c1-16-19(15-27)23(31(6)29-16)21-20(28)13-12-18-17(24(25(32)33-7)30(5)22(18)21)11-10-14-34-35(8,9)26(2,3)4/h12-13H,10-11,14-15H2,1-9H3. The topological polar surface area (TPSA) is 58.3 Å². The first kappa shape index (κ1) is 28.0. The van der Waals surface area contributed by atoms with Crippen molar-refractivity contribution in [3.8, 4) is 11.3 Å². The monoisotopic (exact) mass is 581 g/mol. The van der Waals surface area contributed by atoms with Crippen molar-refractivity contribution in [1.29, 1.82) is 0 Å². The number of fused-ring (bicyclic) bond motifs is 1. The average molecular weight is 583 g/mol. The van der Waals surface area contributed by atoms with E-state index in [0.29, 0.717) is 29.1 Å². The van der Waals surface area contributed by atoms with Crippen LogP contribution in [-0.4, -0.2) is 42.4 Å². The summed E-state index contributed by atoms with van der Waals surface area (Å²) in [6.45, 7) is 13.9. The Morgan fingerprint density at radius 3 is 2.43 bits per heavy atom. The highest BCUT2D eigenvalue weighted by molar-refractivity contribution is 9.08. The fourth-order valence-electron chi connectivity index (χ4n) is 4.40. The highest BCUT2D eigenvalue weighted by Gasteiger charge is 2.37. The van der Waals surface area contributed by atoms with Crippen LogP contribution in [0.25, 0.3) is 22.2 Å². The fourth-order valence-corrected chi connectivity index (χ4v) is 6.40. The number of halogens is 2. The molecule has 0 aliphatic carbocycles. The number of carbonyl (C=O) groups excluding carboxylic acids is 1. The molecule has 0 unspecified atom stereocenters. The second-order valence-electron chi connectivity index (χ2n) is 10.6. The zero-order valence-corrected chi connectivity index (χ0v) is 25.6. The van der Waals surface area contributed by atoms with Crippen LogP contribution in [0.1, 0.15) is 54.5 Å². The number of carbonyl (C=O) groups is 1. The maximum Gasteiger partial charge on any atom is 0.354 e. The lowest BCUT2D eigenvalue weighted by atomic mass is 10.0. The third-order valence-electron chi connectivity index (χ3n) is 7.34. The van der Waals surface area contributed by atoms with E-state index in [-0.39, 0.29) is 11.0 Å². The van der Waals surface area contributed by atoms with E-state index < -0.39 is 8.32 Å². The summed E-state index contributed by atoms with van der Waals surface area (Å²) in [7, 11) is 3.41. The second-order valence-corrected chi connectivity index (χ2v) is 16.4. The molecule has 0 fully saturated rings. The molecule has 2 heterocycles. The largest absolute Gasteiger partial charge is 0.464 e. The maximum absolute atomic E-state index is 12.9. The number of aromatic nitrogens is 3. The van der Waals surface area contributed by atoms with Gasteiger partial charge in [-0.25, -0.2) is 4.79 Å². The minimum Gasteiger partial charge on any atom is -0.464 e. The van der Waals surface area contributed by atoms with Crippen LogP contribution in [-0.2, 0) is 35.0 Å². The molecule has 6 nitrogen and oxygen atoms in total. The zero-order chi connectivity index (χ0) is 26.3. The second kappa shape index (κ2) is 10.4. The summed E-state index contributed by atoms with van der Waals surface area (Å²) >= 11 is 10.4. The highest BCUT2D eigenvalue weighted by Crippen LogP contribution is 2.42. The number of rotatable bonds is 8. The summed E-state index contributed by atoms with van der Waals surface area (Å²) in [6.07, 6.45) is 1.51. The molecule has 192 valence electrons. The van der Waals surface area contributed by atoms with Gasteiger partial charge in [-0.15, -0.1) is 0 Å². The van der Waals surface area contributed by atoms with Crippen molar-refractivity contribution < 1.29 is 14.0 Å². The van der Waals surface area contributed by atoms with Gasteiger partial charge in [0.25, 0.3) is 0 Å². The Morgan fingerprint density at radius 1 is 1.20 bits per heavy atom. The van der Waals surface area contributed by atoms with Gasteiger partial charge in [0.2, 0.25) is 0 Å². The summed E-state index contributed by atoms with van der Waals surface area (Å²) in [5.41, 5.74) is 6.26. The third kappa shape index (κ3) is 5.13. The number of esters is 1. The first-order valence-corrected chi connectivity index (χ1v) is 16.3. The SMILES string of the molecule is COC(=O)c1c(CCCO[Si](C)(C)C(C)(C)C)c2ccc(Cl)c(-c3c(CBr)c(C)nn3C)c2n1C. The Morgan fingerprint density at radius 2 is 1.86 bits per heavy atom. The number of methoxy groups -OCH3 is 1. The number of alkyl halides is 1. The zero-order valence-electron chi connectivity index (χ0n) is 22.3. The summed E-state index contributed by atoms with van der Waals surface area (Å²) < 4.78 is 15.4. The van der Waals surface area contributed by atoms with E-state index in [0.717, 1.165) is 45.4 Å². The van der Waals surface area contributed by atoms with E-state index in [4.69, 9.17) is 20.8 Å². The minimum absolute atomic E-state index is 0.156. The molecular formula is C26H37BrClN3O3Si. The predicted molar refractivity (Wildman–Crippen MR) is 150 cm³/mol. The number of nitrogens with zero attached hydrogens (tertiary/aromatic N) is 3. The summed E-state index contributed by atoms with van der Waals surface area (Å²) in [4.78, 5) is 12.9. The number of hydrogen-bond acceptors (Lipinski definition) is 4. The van der Waals surface area contributed by atoms with Crippen molar-refractivity contribution in [2.24, 2.45) is 14.1 Å². The maximum atomic E-state index is 12.9. The van der Waals surface area contributed by atoms with E-state index in [2.05, 4.69) is 54.9 Å². The Hall–Kier alpha value is -1.61. The lowest BCUT2D eigenvalue weighted by molar-refractivity contribution is 0.0589. The van der Waals surface area contributed by atoms with Gasteiger partial charge in [0.05, 0.1) is 29.0 Å². The Bertz CT molecular complexity index is 1260. The smallest absolute Gasteiger partial charge is 0.354 e. The molecule has 0 aliphatic heterocycles. The van der Waals surface area contributed by atoms with Crippen molar-refractivity contribution in [3.63, 3.8) is 0 Å². The van der Waals surface area contributed by atoms with Crippen molar-refractivity contribution in [2.75, 3.05) is 13.7 Å². The molecule has 0 spiro atoms. The lowest BCUT2D eigenvalue weighted by Crippen LogP contribution is -2.41. The van der Waals surface area contributed by atoms with E-state index in [9.17, 15) is 4.79 Å². The molecule has 0 saturated heterocycles. The van der Waals surface area contributed by atoms with Crippen LogP contribution in [0.5, 0.6) is 0 Å². The van der Waals surface area contributed by atoms with Gasteiger partial charge in [-0.05, 0) is 49.5 Å². The van der Waals surface area contributed by atoms with Crippen LogP contribution in [0.3, 0.4) is 0 Å². The van der Waals surface area contributed by atoms with Crippen LogP contribution in [0.2, 0.25) is 23.2 Å². The van der Waals surface area contributed by atoms with Crippen LogP contribution in [0, 0.1) is 6.92 Å². The molecule has 0 aliphatic rings. The Labute approximate surface area is 223 Å². The Kier molecular flexibility index (Phi) is 8.31. The quantitative estimate of drug-likeness (QED) is 0.122. The third-order valence-corrected chi connectivity index (χ3v) is 12.8. The molecule has 2 aromatic heterocycles. The van der Waals surface area contributed by atoms with Crippen LogP contribution >= 0.6 is 27.5 Å². The number of benzene rings is 1. The number of ether oxygens (including phenoxy) is 1. The van der Waals surface area contributed by atoms with Gasteiger partial charge in [-0.2, -0.15) is 5.10 Å². The molecule has 9 heteroatoms. The summed E-state index contributed by atoms with van der Waals surface area (Å²) in [5, 5.41) is 7.06. The van der Waals surface area contributed by atoms with E-state index in [1.807, 2.05) is 42.4 Å². The summed E-state index contributed by atoms with van der Waals surface area (Å²) in [6, 6.07) is 3.92. The molecule has 0 radical (unpaired) electrons. The molecule has 35 heavy (non-hydrogen) atoms. The molecule has 0 bridgehead atoms. The highest BCUT2D eigenvalue weighted by atomic mass is 79.9. The van der Waals surface area contributed by atoms with Gasteiger partial charge < -0.3 is 13.7 Å². The fraction of sp³-hybridized carbons (Fsp3) is 0.538. The molecule has 0 amide bonds. The van der Waals surface area contributed by atoms with Crippen molar-refractivity contribution >= 4 is 52.7 Å². The molecule has 0 saturated carbocycles. The van der Waals surface area contributed by atoms with Gasteiger partial charge in [-0.3, -0.25) is 4.68 Å². The Balaban J connectivity index is 2.14. The van der Waals surface area contributed by atoms with Crippen molar-refractivity contribution in [2.45, 2.75) is 64.0 Å². The first-order chi connectivity index (χ1) is 16.3. The van der Waals surface area contributed by atoms with Crippen molar-refractivity contribution in [1.82, 2.24) is 14.3 Å². The summed E-state index contributed by atoms with van der Waals surface area (Å²) in [5.74, 6) is -0.354. The van der Waals surface area contributed by atoms with Gasteiger partial charge in [-0.1, -0.05) is 54.4 Å². The van der Waals surface area contributed by atoms with E-state index >= 15 is 0 Å². The average Bonchev–Trinajstić information content (AvgIpc) is 3.21. The normalized spacial score (nSPS) is 12.5. The van der Waals surface area contributed by atoms with Gasteiger partial charge in [0.15, 0.2) is 8.32 Å². The van der Waals surface area contributed by atoms with E-state index in [1.165, 1.54) is 7.11 Å². The molecule has 3 rings (SSSR count). The number of aryl methyl sites for hydroxylation is 4. The van der Waals surface area contributed by atoms with Crippen LogP contribution < -0.4 is 0 Å². The molecule has 0 atom stereocenters. The predicted octanol–water partition coefficient (Wildman–Crippen LogP) is 7.18. The van der Waals surface area contributed by atoms with E-state index in [1.54, 1.807) is 0 Å². The van der Waals surface area contributed by atoms with Gasteiger partial charge in [0.1, 0.15) is 5.69 Å². The molecule has 0 N–H and O–H groups in total. The lowest BCUT2D eigenvalue weighted by Gasteiger charge is -2.36. The van der Waals surface area contributed by atoms with Crippen molar-refractivity contribution in [3.05, 3.63) is 39.7 Å². The first-order valence-electron chi connectivity index (χ1n) is 11.9. The minimum atomic E-state index is -1.84. The van der Waals surface area contributed by atoms with Gasteiger partial charge in [0, 0.05) is 42.5 Å². The van der Waals surface area contributed by atoms with Crippen LogP contribution in [0.15, 0.2) is 12.1 Å². The molecule has 3 aromatic rings. The molecule has 1 aromatic carbocycles.